The smallest absolute Gasteiger partial charge is 0.225 e. The lowest BCUT2D eigenvalue weighted by atomic mass is 9.94. The molecule has 132 valence electrons. The van der Waals surface area contributed by atoms with Crippen LogP contribution in [0.4, 0.5) is 0 Å². The van der Waals surface area contributed by atoms with Crippen molar-refractivity contribution < 1.29 is 9.59 Å². The minimum absolute atomic E-state index is 0.0317. The highest BCUT2D eigenvalue weighted by atomic mass is 16.2. The number of carbonyl (C=O) groups is 2. The molecule has 24 heavy (non-hydrogen) atoms. The molecule has 1 atom stereocenters. The van der Waals surface area contributed by atoms with Gasteiger partial charge in [-0.25, -0.2) is 0 Å². The Hall–Kier alpha value is -1.88. The van der Waals surface area contributed by atoms with Crippen molar-refractivity contribution in [1.29, 1.82) is 0 Å². The standard InChI is InChI=1S/C19H29N3O2/c1-14(2)21(3)19(24)16-9-11-22(12-10-16)18(23)13-17(20)15-7-5-4-6-8-15/h4-8,14,16-17H,9-13,20H2,1-3H3/t17-/m0/s1. The van der Waals surface area contributed by atoms with E-state index in [0.29, 0.717) is 19.5 Å². The van der Waals surface area contributed by atoms with Crippen molar-refractivity contribution >= 4 is 11.8 Å². The van der Waals surface area contributed by atoms with Crippen LogP contribution in [-0.2, 0) is 9.59 Å². The minimum Gasteiger partial charge on any atom is -0.343 e. The monoisotopic (exact) mass is 331 g/mol. The van der Waals surface area contributed by atoms with Gasteiger partial charge in [0.25, 0.3) is 0 Å². The van der Waals surface area contributed by atoms with Crippen LogP contribution in [0.5, 0.6) is 0 Å². The molecule has 1 aromatic rings. The first-order valence-electron chi connectivity index (χ1n) is 8.75. The number of rotatable bonds is 5. The lowest BCUT2D eigenvalue weighted by Gasteiger charge is -2.34. The molecule has 5 nitrogen and oxygen atoms in total. The summed E-state index contributed by atoms with van der Waals surface area (Å²) in [5.74, 6) is 0.303. The molecule has 1 aliphatic rings. The summed E-state index contributed by atoms with van der Waals surface area (Å²) >= 11 is 0. The second kappa shape index (κ2) is 8.29. The van der Waals surface area contributed by atoms with E-state index in [4.69, 9.17) is 5.73 Å². The second-order valence-corrected chi connectivity index (χ2v) is 6.92. The Morgan fingerprint density at radius 3 is 2.33 bits per heavy atom. The summed E-state index contributed by atoms with van der Waals surface area (Å²) in [5.41, 5.74) is 7.12. The van der Waals surface area contributed by atoms with Crippen molar-refractivity contribution in [1.82, 2.24) is 9.80 Å². The summed E-state index contributed by atoms with van der Waals surface area (Å²) in [5, 5.41) is 0. The molecule has 0 spiro atoms. The number of nitrogens with zero attached hydrogens (tertiary/aromatic N) is 2. The largest absolute Gasteiger partial charge is 0.343 e. The van der Waals surface area contributed by atoms with Crippen LogP contribution < -0.4 is 5.73 Å². The van der Waals surface area contributed by atoms with E-state index in [1.807, 2.05) is 56.1 Å². The summed E-state index contributed by atoms with van der Waals surface area (Å²) in [4.78, 5) is 28.5. The highest BCUT2D eigenvalue weighted by Crippen LogP contribution is 2.22. The summed E-state index contributed by atoms with van der Waals surface area (Å²) in [6.45, 7) is 5.31. The van der Waals surface area contributed by atoms with E-state index in [9.17, 15) is 9.59 Å². The molecule has 5 heteroatoms. The predicted octanol–water partition coefficient (Wildman–Crippen LogP) is 2.18. The number of hydrogen-bond acceptors (Lipinski definition) is 3. The predicted molar refractivity (Wildman–Crippen MR) is 95.2 cm³/mol. The Labute approximate surface area is 144 Å². The Bertz CT molecular complexity index is 551. The van der Waals surface area contributed by atoms with Gasteiger partial charge in [-0.1, -0.05) is 30.3 Å². The molecule has 2 rings (SSSR count). The molecular formula is C19H29N3O2. The zero-order valence-corrected chi connectivity index (χ0v) is 14.9. The van der Waals surface area contributed by atoms with E-state index in [1.165, 1.54) is 0 Å². The van der Waals surface area contributed by atoms with E-state index in [0.717, 1.165) is 18.4 Å². The van der Waals surface area contributed by atoms with Gasteiger partial charge in [-0.05, 0) is 32.3 Å². The van der Waals surface area contributed by atoms with Gasteiger partial charge in [0, 0.05) is 44.6 Å². The molecule has 1 fully saturated rings. The van der Waals surface area contributed by atoms with Crippen LogP contribution in [0.25, 0.3) is 0 Å². The minimum atomic E-state index is -0.273. The van der Waals surface area contributed by atoms with E-state index in [1.54, 1.807) is 4.90 Å². The molecule has 1 heterocycles. The summed E-state index contributed by atoms with van der Waals surface area (Å²) in [7, 11) is 1.85. The molecule has 2 N–H and O–H groups in total. The maximum Gasteiger partial charge on any atom is 0.225 e. The van der Waals surface area contributed by atoms with Gasteiger partial charge in [0.15, 0.2) is 0 Å². The lowest BCUT2D eigenvalue weighted by molar-refractivity contribution is -0.141. The first kappa shape index (κ1) is 18.5. The number of benzene rings is 1. The van der Waals surface area contributed by atoms with Gasteiger partial charge >= 0.3 is 0 Å². The van der Waals surface area contributed by atoms with Gasteiger partial charge in [-0.3, -0.25) is 9.59 Å². The maximum absolute atomic E-state index is 12.5. The molecule has 1 saturated heterocycles. The van der Waals surface area contributed by atoms with Gasteiger partial charge in [-0.15, -0.1) is 0 Å². The van der Waals surface area contributed by atoms with Crippen LogP contribution in [0, 0.1) is 5.92 Å². The zero-order chi connectivity index (χ0) is 17.7. The number of amides is 2. The van der Waals surface area contributed by atoms with Crippen molar-refractivity contribution in [2.45, 2.75) is 45.2 Å². The molecule has 0 radical (unpaired) electrons. The highest BCUT2D eigenvalue weighted by Gasteiger charge is 2.30. The quantitative estimate of drug-likeness (QED) is 0.899. The van der Waals surface area contributed by atoms with Crippen LogP contribution in [0.1, 0.15) is 44.7 Å². The van der Waals surface area contributed by atoms with Gasteiger partial charge in [0.05, 0.1) is 0 Å². The Morgan fingerprint density at radius 2 is 1.79 bits per heavy atom. The first-order chi connectivity index (χ1) is 11.4. The molecule has 0 unspecified atom stereocenters. The normalized spacial score (nSPS) is 17.0. The molecular weight excluding hydrogens is 302 g/mol. The second-order valence-electron chi connectivity index (χ2n) is 6.92. The number of carbonyl (C=O) groups excluding carboxylic acids is 2. The third kappa shape index (κ3) is 4.57. The Balaban J connectivity index is 1.83. The molecule has 0 bridgehead atoms. The average Bonchev–Trinajstić information content (AvgIpc) is 2.61. The van der Waals surface area contributed by atoms with Crippen LogP contribution in [-0.4, -0.2) is 47.8 Å². The van der Waals surface area contributed by atoms with E-state index in [-0.39, 0.29) is 29.8 Å². The van der Waals surface area contributed by atoms with Crippen molar-refractivity contribution in [3.8, 4) is 0 Å². The topological polar surface area (TPSA) is 66.6 Å². The fraction of sp³-hybridized carbons (Fsp3) is 0.579. The molecule has 2 amide bonds. The molecule has 1 aliphatic heterocycles. The van der Waals surface area contributed by atoms with Gasteiger partial charge in [0.2, 0.25) is 11.8 Å². The molecule has 0 saturated carbocycles. The zero-order valence-electron chi connectivity index (χ0n) is 14.9. The van der Waals surface area contributed by atoms with Gasteiger partial charge < -0.3 is 15.5 Å². The number of piperidine rings is 1. The first-order valence-corrected chi connectivity index (χ1v) is 8.75. The SMILES string of the molecule is CC(C)N(C)C(=O)C1CCN(C(=O)C[C@H](N)c2ccccc2)CC1. The third-order valence-corrected chi connectivity index (χ3v) is 4.94. The maximum atomic E-state index is 12.5. The number of hydrogen-bond donors (Lipinski definition) is 1. The highest BCUT2D eigenvalue weighted by molar-refractivity contribution is 5.80. The van der Waals surface area contributed by atoms with E-state index < -0.39 is 0 Å². The van der Waals surface area contributed by atoms with Crippen molar-refractivity contribution in [2.75, 3.05) is 20.1 Å². The fourth-order valence-electron chi connectivity index (χ4n) is 3.05. The summed E-state index contributed by atoms with van der Waals surface area (Å²) in [6, 6.07) is 9.64. The lowest BCUT2D eigenvalue weighted by Crippen LogP contribution is -2.45. The fourth-order valence-corrected chi connectivity index (χ4v) is 3.05. The number of nitrogens with two attached hydrogens (primary N) is 1. The molecule has 0 aliphatic carbocycles. The molecule has 0 aromatic heterocycles. The van der Waals surface area contributed by atoms with Crippen LogP contribution in [0.3, 0.4) is 0 Å². The van der Waals surface area contributed by atoms with Gasteiger partial charge in [-0.2, -0.15) is 0 Å². The van der Waals surface area contributed by atoms with Crippen LogP contribution in [0.15, 0.2) is 30.3 Å². The van der Waals surface area contributed by atoms with Crippen molar-refractivity contribution in [2.24, 2.45) is 11.7 Å². The van der Waals surface area contributed by atoms with Crippen molar-refractivity contribution in [3.63, 3.8) is 0 Å². The van der Waals surface area contributed by atoms with Gasteiger partial charge in [0.1, 0.15) is 0 Å². The summed E-state index contributed by atoms with van der Waals surface area (Å²) in [6.07, 6.45) is 1.79. The van der Waals surface area contributed by atoms with E-state index >= 15 is 0 Å². The Kier molecular flexibility index (Phi) is 6.37. The molecule has 1 aromatic carbocycles. The van der Waals surface area contributed by atoms with E-state index in [2.05, 4.69) is 0 Å². The Morgan fingerprint density at radius 1 is 1.21 bits per heavy atom. The van der Waals surface area contributed by atoms with Crippen molar-refractivity contribution in [3.05, 3.63) is 35.9 Å². The van der Waals surface area contributed by atoms with Crippen LogP contribution >= 0.6 is 0 Å². The van der Waals surface area contributed by atoms with Crippen LogP contribution in [0.2, 0.25) is 0 Å². The average molecular weight is 331 g/mol. The summed E-state index contributed by atoms with van der Waals surface area (Å²) < 4.78 is 0. The third-order valence-electron chi connectivity index (χ3n) is 4.94. The number of likely N-dealkylation sites (tertiary alicyclic amines) is 1.